The van der Waals surface area contributed by atoms with E-state index in [1.54, 1.807) is 12.1 Å². The van der Waals surface area contributed by atoms with Crippen molar-refractivity contribution in [1.82, 2.24) is 0 Å². The Labute approximate surface area is 95.6 Å². The van der Waals surface area contributed by atoms with Gasteiger partial charge in [-0.05, 0) is 26.0 Å². The number of sulfone groups is 1. The molecule has 1 aromatic rings. The summed E-state index contributed by atoms with van der Waals surface area (Å²) in [5.74, 6) is -0.508. The van der Waals surface area contributed by atoms with Crippen LogP contribution in [-0.4, -0.2) is 25.8 Å². The molecule has 0 spiro atoms. The lowest BCUT2D eigenvalue weighted by Gasteiger charge is -2.10. The Balaban J connectivity index is 2.76. The van der Waals surface area contributed by atoms with Gasteiger partial charge >= 0.3 is 0 Å². The van der Waals surface area contributed by atoms with Gasteiger partial charge in [-0.1, -0.05) is 17.7 Å². The van der Waals surface area contributed by atoms with Gasteiger partial charge in [0.1, 0.15) is 5.25 Å². The maximum atomic E-state index is 11.6. The zero-order valence-electron chi connectivity index (χ0n) is 9.52. The summed E-state index contributed by atoms with van der Waals surface area (Å²) >= 11 is 0. The van der Waals surface area contributed by atoms with Crippen molar-refractivity contribution in [3.05, 3.63) is 29.8 Å². The minimum atomic E-state index is -3.34. The van der Waals surface area contributed by atoms with Crippen molar-refractivity contribution in [2.24, 2.45) is 0 Å². The predicted octanol–water partition coefficient (Wildman–Crippen LogP) is 1.37. The molecule has 1 rings (SSSR count). The molecule has 0 saturated heterocycles. The SMILES string of the molecule is Cc1ccc(NC(=O)[C@@H](C)S(C)(=O)=O)cc1. The van der Waals surface area contributed by atoms with Gasteiger partial charge in [0.05, 0.1) is 0 Å². The summed E-state index contributed by atoms with van der Waals surface area (Å²) in [5, 5.41) is 1.52. The summed E-state index contributed by atoms with van der Waals surface area (Å²) in [4.78, 5) is 11.6. The van der Waals surface area contributed by atoms with Gasteiger partial charge in [-0.25, -0.2) is 8.42 Å². The maximum absolute atomic E-state index is 11.6. The molecular formula is C11H15NO3S. The number of carbonyl (C=O) groups excluding carboxylic acids is 1. The van der Waals surface area contributed by atoms with E-state index in [1.165, 1.54) is 6.92 Å². The zero-order chi connectivity index (χ0) is 12.3. The number of rotatable bonds is 3. The molecule has 0 aromatic heterocycles. The molecule has 0 saturated carbocycles. The Morgan fingerprint density at radius 3 is 2.19 bits per heavy atom. The smallest absolute Gasteiger partial charge is 0.242 e. The minimum absolute atomic E-state index is 0.508. The summed E-state index contributed by atoms with van der Waals surface area (Å²) < 4.78 is 22.3. The average Bonchev–Trinajstić information content (AvgIpc) is 2.19. The third-order valence-electron chi connectivity index (χ3n) is 2.33. The number of nitrogens with one attached hydrogen (secondary N) is 1. The third kappa shape index (κ3) is 3.34. The Morgan fingerprint density at radius 1 is 1.25 bits per heavy atom. The number of hydrogen-bond donors (Lipinski definition) is 1. The van der Waals surface area contributed by atoms with Crippen molar-refractivity contribution in [2.75, 3.05) is 11.6 Å². The Morgan fingerprint density at radius 2 is 1.75 bits per heavy atom. The molecule has 16 heavy (non-hydrogen) atoms. The van der Waals surface area contributed by atoms with Crippen LogP contribution >= 0.6 is 0 Å². The molecular weight excluding hydrogens is 226 g/mol. The fraction of sp³-hybridized carbons (Fsp3) is 0.364. The highest BCUT2D eigenvalue weighted by atomic mass is 32.2. The van der Waals surface area contributed by atoms with Crippen LogP contribution < -0.4 is 5.32 Å². The Kier molecular flexibility index (Phi) is 3.70. The van der Waals surface area contributed by atoms with Gasteiger partial charge in [-0.2, -0.15) is 0 Å². The summed E-state index contributed by atoms with van der Waals surface area (Å²) in [7, 11) is -3.34. The van der Waals surface area contributed by atoms with Crippen molar-refractivity contribution in [3.8, 4) is 0 Å². The molecule has 0 aliphatic carbocycles. The summed E-state index contributed by atoms with van der Waals surface area (Å²) in [5.41, 5.74) is 1.68. The average molecular weight is 241 g/mol. The van der Waals surface area contributed by atoms with E-state index in [0.717, 1.165) is 11.8 Å². The van der Waals surface area contributed by atoms with E-state index in [1.807, 2.05) is 19.1 Å². The van der Waals surface area contributed by atoms with Crippen molar-refractivity contribution in [1.29, 1.82) is 0 Å². The lowest BCUT2D eigenvalue weighted by Crippen LogP contribution is -2.31. The molecule has 0 aliphatic rings. The molecule has 0 fully saturated rings. The summed E-state index contributed by atoms with van der Waals surface area (Å²) in [6.07, 6.45) is 1.05. The largest absolute Gasteiger partial charge is 0.325 e. The topological polar surface area (TPSA) is 63.2 Å². The van der Waals surface area contributed by atoms with Crippen molar-refractivity contribution < 1.29 is 13.2 Å². The molecule has 0 unspecified atom stereocenters. The monoisotopic (exact) mass is 241 g/mol. The second kappa shape index (κ2) is 4.65. The van der Waals surface area contributed by atoms with E-state index in [0.29, 0.717) is 5.69 Å². The van der Waals surface area contributed by atoms with Gasteiger partial charge in [-0.15, -0.1) is 0 Å². The highest BCUT2D eigenvalue weighted by Crippen LogP contribution is 2.10. The second-order valence-corrected chi connectivity index (χ2v) is 6.19. The summed E-state index contributed by atoms with van der Waals surface area (Å²) in [6, 6.07) is 7.17. The van der Waals surface area contributed by atoms with Crippen molar-refractivity contribution in [3.63, 3.8) is 0 Å². The molecule has 1 aromatic carbocycles. The van der Waals surface area contributed by atoms with Gasteiger partial charge < -0.3 is 5.32 Å². The molecule has 1 N–H and O–H groups in total. The summed E-state index contributed by atoms with van der Waals surface area (Å²) in [6.45, 7) is 3.31. The van der Waals surface area contributed by atoms with Crippen LogP contribution in [0.3, 0.4) is 0 Å². The number of carbonyl (C=O) groups is 1. The molecule has 1 atom stereocenters. The van der Waals surface area contributed by atoms with E-state index in [4.69, 9.17) is 0 Å². The Bertz CT molecular complexity index is 476. The normalized spacial score (nSPS) is 13.2. The van der Waals surface area contributed by atoms with Crippen LogP contribution in [0.4, 0.5) is 5.69 Å². The highest BCUT2D eigenvalue weighted by molar-refractivity contribution is 7.92. The number of anilines is 1. The number of hydrogen-bond acceptors (Lipinski definition) is 3. The fourth-order valence-electron chi connectivity index (χ4n) is 1.08. The first-order valence-corrected chi connectivity index (χ1v) is 6.82. The van der Waals surface area contributed by atoms with Gasteiger partial charge in [0.2, 0.25) is 5.91 Å². The lowest BCUT2D eigenvalue weighted by atomic mass is 10.2. The molecule has 0 aliphatic heterocycles. The second-order valence-electron chi connectivity index (χ2n) is 3.83. The van der Waals surface area contributed by atoms with Crippen LogP contribution in [0.25, 0.3) is 0 Å². The molecule has 0 bridgehead atoms. The van der Waals surface area contributed by atoms with Crippen LogP contribution in [-0.2, 0) is 14.6 Å². The number of amides is 1. The number of aryl methyl sites for hydroxylation is 1. The van der Waals surface area contributed by atoms with Gasteiger partial charge in [0.15, 0.2) is 9.84 Å². The minimum Gasteiger partial charge on any atom is -0.325 e. The van der Waals surface area contributed by atoms with Gasteiger partial charge in [0, 0.05) is 11.9 Å². The van der Waals surface area contributed by atoms with Crippen LogP contribution in [0.1, 0.15) is 12.5 Å². The first kappa shape index (κ1) is 12.7. The van der Waals surface area contributed by atoms with Crippen LogP contribution in [0.2, 0.25) is 0 Å². The zero-order valence-corrected chi connectivity index (χ0v) is 10.3. The van der Waals surface area contributed by atoms with Crippen molar-refractivity contribution in [2.45, 2.75) is 19.1 Å². The molecule has 5 heteroatoms. The first-order valence-electron chi connectivity index (χ1n) is 4.87. The maximum Gasteiger partial charge on any atom is 0.242 e. The van der Waals surface area contributed by atoms with Gasteiger partial charge in [-0.3, -0.25) is 4.79 Å². The quantitative estimate of drug-likeness (QED) is 0.869. The molecule has 1 amide bonds. The molecule has 0 radical (unpaired) electrons. The predicted molar refractivity (Wildman–Crippen MR) is 64.1 cm³/mol. The van der Waals surface area contributed by atoms with E-state index in [2.05, 4.69) is 5.32 Å². The highest BCUT2D eigenvalue weighted by Gasteiger charge is 2.23. The molecule has 0 heterocycles. The molecule has 88 valence electrons. The lowest BCUT2D eigenvalue weighted by molar-refractivity contribution is -0.115. The fourth-order valence-corrected chi connectivity index (χ4v) is 1.52. The van der Waals surface area contributed by atoms with Crippen molar-refractivity contribution >= 4 is 21.4 Å². The van der Waals surface area contributed by atoms with Crippen LogP contribution in [0, 0.1) is 6.92 Å². The Hall–Kier alpha value is -1.36. The third-order valence-corrected chi connectivity index (χ3v) is 3.83. The molecule has 4 nitrogen and oxygen atoms in total. The van der Waals surface area contributed by atoms with Gasteiger partial charge in [0.25, 0.3) is 0 Å². The standard InChI is InChI=1S/C11H15NO3S/c1-8-4-6-10(7-5-8)12-11(13)9(2)16(3,14)15/h4-7,9H,1-3H3,(H,12,13)/t9-/m1/s1. The van der Waals surface area contributed by atoms with E-state index >= 15 is 0 Å². The first-order chi connectivity index (χ1) is 7.30. The van der Waals surface area contributed by atoms with Crippen LogP contribution in [0.15, 0.2) is 24.3 Å². The van der Waals surface area contributed by atoms with E-state index < -0.39 is 21.0 Å². The number of benzene rings is 1. The van der Waals surface area contributed by atoms with E-state index in [9.17, 15) is 13.2 Å². The van der Waals surface area contributed by atoms with Crippen LogP contribution in [0.5, 0.6) is 0 Å². The van der Waals surface area contributed by atoms with E-state index in [-0.39, 0.29) is 0 Å².